The molecule has 134 valence electrons. The number of carbonyl (C=O) groups excluding carboxylic acids is 2. The molecule has 0 atom stereocenters. The number of piperazine rings is 1. The van der Waals surface area contributed by atoms with Gasteiger partial charge in [-0.2, -0.15) is 0 Å². The first-order valence-corrected chi connectivity index (χ1v) is 9.02. The second-order valence-electron chi connectivity index (χ2n) is 6.12. The van der Waals surface area contributed by atoms with Crippen molar-refractivity contribution in [3.05, 3.63) is 0 Å². The summed E-state index contributed by atoms with van der Waals surface area (Å²) >= 11 is 0. The monoisotopic (exact) mass is 327 g/mol. The zero-order valence-electron chi connectivity index (χ0n) is 14.8. The van der Waals surface area contributed by atoms with Crippen molar-refractivity contribution in [1.29, 1.82) is 0 Å². The van der Waals surface area contributed by atoms with Gasteiger partial charge in [0.1, 0.15) is 6.61 Å². The molecule has 1 fully saturated rings. The molecular weight excluding hydrogens is 294 g/mol. The number of unbranched alkanes of at least 4 members (excludes halogenated alkanes) is 3. The topological polar surface area (TPSA) is 61.9 Å². The number of ether oxygens (including phenoxy) is 1. The van der Waals surface area contributed by atoms with Crippen molar-refractivity contribution >= 4 is 11.8 Å². The number of hydrogen-bond donors (Lipinski definition) is 1. The molecule has 1 rings (SSSR count). The molecule has 6 nitrogen and oxygen atoms in total. The highest BCUT2D eigenvalue weighted by molar-refractivity contribution is 5.78. The summed E-state index contributed by atoms with van der Waals surface area (Å²) in [5.41, 5.74) is 0. The molecular formula is C17H33N3O3. The zero-order valence-corrected chi connectivity index (χ0v) is 14.8. The highest BCUT2D eigenvalue weighted by Crippen LogP contribution is 2.03. The van der Waals surface area contributed by atoms with Gasteiger partial charge in [-0.25, -0.2) is 0 Å². The Balaban J connectivity index is 2.12. The number of nitrogens with zero attached hydrogens (tertiary/aromatic N) is 2. The van der Waals surface area contributed by atoms with Crippen LogP contribution in [-0.2, 0) is 14.3 Å². The molecule has 0 saturated carbocycles. The molecule has 0 aliphatic carbocycles. The van der Waals surface area contributed by atoms with E-state index < -0.39 is 0 Å². The third kappa shape index (κ3) is 8.91. The lowest BCUT2D eigenvalue weighted by Gasteiger charge is -2.34. The van der Waals surface area contributed by atoms with Gasteiger partial charge >= 0.3 is 0 Å². The second-order valence-corrected chi connectivity index (χ2v) is 6.12. The molecule has 0 aromatic carbocycles. The quantitative estimate of drug-likeness (QED) is 0.580. The van der Waals surface area contributed by atoms with Crippen LogP contribution in [0, 0.1) is 0 Å². The maximum atomic E-state index is 12.0. The van der Waals surface area contributed by atoms with E-state index in [4.69, 9.17) is 4.74 Å². The molecule has 1 aliphatic heterocycles. The average molecular weight is 327 g/mol. The molecule has 1 saturated heterocycles. The lowest BCUT2D eigenvalue weighted by Crippen LogP contribution is -2.51. The smallest absolute Gasteiger partial charge is 0.248 e. The fourth-order valence-electron chi connectivity index (χ4n) is 2.52. The lowest BCUT2D eigenvalue weighted by atomic mass is 10.3. The van der Waals surface area contributed by atoms with Gasteiger partial charge in [0.05, 0.1) is 6.54 Å². The minimum atomic E-state index is 0.0635. The second kappa shape index (κ2) is 12.3. The first kappa shape index (κ1) is 19.9. The third-order valence-electron chi connectivity index (χ3n) is 4.06. The predicted octanol–water partition coefficient (Wildman–Crippen LogP) is 1.25. The van der Waals surface area contributed by atoms with Gasteiger partial charge in [-0.05, 0) is 12.8 Å². The standard InChI is InChI=1S/C17H33N3O3/c1-3-5-7-13-23-15-17(22)20-11-9-19(10-12-20)14-16(21)18-8-6-4-2/h3-15H2,1-2H3,(H,18,21). The fourth-order valence-corrected chi connectivity index (χ4v) is 2.52. The van der Waals surface area contributed by atoms with Crippen molar-refractivity contribution in [2.24, 2.45) is 0 Å². The highest BCUT2D eigenvalue weighted by Gasteiger charge is 2.22. The fraction of sp³-hybridized carbons (Fsp3) is 0.882. The minimum Gasteiger partial charge on any atom is -0.372 e. The van der Waals surface area contributed by atoms with Crippen LogP contribution in [0.15, 0.2) is 0 Å². The van der Waals surface area contributed by atoms with Gasteiger partial charge in [0, 0.05) is 39.3 Å². The Bertz CT molecular complexity index is 342. The number of rotatable bonds is 11. The molecule has 23 heavy (non-hydrogen) atoms. The Labute approximate surface area is 140 Å². The molecule has 6 heteroatoms. The Morgan fingerprint density at radius 2 is 1.70 bits per heavy atom. The van der Waals surface area contributed by atoms with Crippen LogP contribution in [0.3, 0.4) is 0 Å². The van der Waals surface area contributed by atoms with Gasteiger partial charge in [0.25, 0.3) is 0 Å². The van der Waals surface area contributed by atoms with Gasteiger partial charge < -0.3 is 15.0 Å². The first-order valence-electron chi connectivity index (χ1n) is 9.02. The van der Waals surface area contributed by atoms with E-state index in [1.807, 2.05) is 4.90 Å². The Morgan fingerprint density at radius 3 is 2.35 bits per heavy atom. The van der Waals surface area contributed by atoms with Gasteiger partial charge in [0.2, 0.25) is 11.8 Å². The van der Waals surface area contributed by atoms with Gasteiger partial charge in [-0.1, -0.05) is 33.1 Å². The molecule has 0 aromatic heterocycles. The normalized spacial score (nSPS) is 15.7. The van der Waals surface area contributed by atoms with E-state index in [0.29, 0.717) is 26.2 Å². The Kier molecular flexibility index (Phi) is 10.6. The molecule has 0 spiro atoms. The maximum absolute atomic E-state index is 12.0. The summed E-state index contributed by atoms with van der Waals surface area (Å²) in [7, 11) is 0. The van der Waals surface area contributed by atoms with Crippen LogP contribution in [0.4, 0.5) is 0 Å². The summed E-state index contributed by atoms with van der Waals surface area (Å²) in [6.07, 6.45) is 5.43. The van der Waals surface area contributed by atoms with E-state index >= 15 is 0 Å². The summed E-state index contributed by atoms with van der Waals surface area (Å²) < 4.78 is 5.43. The molecule has 2 amide bonds. The summed E-state index contributed by atoms with van der Waals surface area (Å²) in [4.78, 5) is 27.8. The Morgan fingerprint density at radius 1 is 1.00 bits per heavy atom. The van der Waals surface area contributed by atoms with Crippen LogP contribution in [0.1, 0.15) is 46.0 Å². The minimum absolute atomic E-state index is 0.0635. The summed E-state index contributed by atoms with van der Waals surface area (Å²) in [5, 5.41) is 2.93. The number of nitrogens with one attached hydrogen (secondary N) is 1. The van der Waals surface area contributed by atoms with Gasteiger partial charge in [-0.3, -0.25) is 14.5 Å². The van der Waals surface area contributed by atoms with Gasteiger partial charge in [0.15, 0.2) is 0 Å². The number of hydrogen-bond acceptors (Lipinski definition) is 4. The molecule has 0 aromatic rings. The maximum Gasteiger partial charge on any atom is 0.248 e. The van der Waals surface area contributed by atoms with Crippen molar-refractivity contribution in [2.45, 2.75) is 46.0 Å². The molecule has 0 bridgehead atoms. The van der Waals surface area contributed by atoms with E-state index in [-0.39, 0.29) is 18.4 Å². The SMILES string of the molecule is CCCCCOCC(=O)N1CCN(CC(=O)NCCCC)CC1. The largest absolute Gasteiger partial charge is 0.372 e. The van der Waals surface area contributed by atoms with Crippen LogP contribution in [0.25, 0.3) is 0 Å². The van der Waals surface area contributed by atoms with E-state index in [1.165, 1.54) is 0 Å². The van der Waals surface area contributed by atoms with E-state index in [1.54, 1.807) is 0 Å². The summed E-state index contributed by atoms with van der Waals surface area (Å²) in [6, 6.07) is 0. The zero-order chi connectivity index (χ0) is 16.9. The van der Waals surface area contributed by atoms with Crippen LogP contribution in [0.2, 0.25) is 0 Å². The first-order chi connectivity index (χ1) is 11.2. The van der Waals surface area contributed by atoms with Crippen LogP contribution in [-0.4, -0.2) is 74.1 Å². The van der Waals surface area contributed by atoms with E-state index in [2.05, 4.69) is 24.1 Å². The van der Waals surface area contributed by atoms with Crippen molar-refractivity contribution < 1.29 is 14.3 Å². The number of carbonyl (C=O) groups is 2. The molecule has 1 N–H and O–H groups in total. The summed E-state index contributed by atoms with van der Waals surface area (Å²) in [6.45, 7) is 9.15. The van der Waals surface area contributed by atoms with Crippen LogP contribution >= 0.6 is 0 Å². The Hall–Kier alpha value is -1.14. The van der Waals surface area contributed by atoms with Crippen molar-refractivity contribution in [1.82, 2.24) is 15.1 Å². The molecule has 1 aliphatic rings. The lowest BCUT2D eigenvalue weighted by molar-refractivity contribution is -0.138. The van der Waals surface area contributed by atoms with Crippen molar-refractivity contribution in [2.75, 3.05) is 52.5 Å². The van der Waals surface area contributed by atoms with E-state index in [9.17, 15) is 9.59 Å². The van der Waals surface area contributed by atoms with Crippen LogP contribution in [0.5, 0.6) is 0 Å². The molecule has 0 unspecified atom stereocenters. The molecule has 1 heterocycles. The predicted molar refractivity (Wildman–Crippen MR) is 91.3 cm³/mol. The summed E-state index contributed by atoms with van der Waals surface area (Å²) in [5.74, 6) is 0.144. The van der Waals surface area contributed by atoms with Crippen molar-refractivity contribution in [3.63, 3.8) is 0 Å². The highest BCUT2D eigenvalue weighted by atomic mass is 16.5. The van der Waals surface area contributed by atoms with Crippen molar-refractivity contribution in [3.8, 4) is 0 Å². The average Bonchev–Trinajstić information content (AvgIpc) is 2.55. The van der Waals surface area contributed by atoms with E-state index in [0.717, 1.165) is 51.7 Å². The van der Waals surface area contributed by atoms with Gasteiger partial charge in [-0.15, -0.1) is 0 Å². The van der Waals surface area contributed by atoms with Crippen LogP contribution < -0.4 is 5.32 Å². The number of amides is 2. The molecule has 0 radical (unpaired) electrons. The third-order valence-corrected chi connectivity index (χ3v) is 4.06.